The van der Waals surface area contributed by atoms with Crippen molar-refractivity contribution in [3.8, 4) is 0 Å². The van der Waals surface area contributed by atoms with Gasteiger partial charge in [-0.15, -0.1) is 0 Å². The molecule has 3 aromatic rings. The average Bonchev–Trinajstić information content (AvgIpc) is 3.16. The van der Waals surface area contributed by atoms with Gasteiger partial charge in [-0.2, -0.15) is 0 Å². The average molecular weight is 383 g/mol. The summed E-state index contributed by atoms with van der Waals surface area (Å²) in [6, 6.07) is 12.5. The molecule has 0 aliphatic heterocycles. The molecule has 4 heteroatoms. The number of rotatable bonds is 4. The Bertz CT molecular complexity index is 908. The van der Waals surface area contributed by atoms with Crippen LogP contribution in [0.2, 0.25) is 5.02 Å². The summed E-state index contributed by atoms with van der Waals surface area (Å²) in [5.41, 5.74) is 4.65. The minimum Gasteiger partial charge on any atom is -0.387 e. The first-order chi connectivity index (χ1) is 13.0. The van der Waals surface area contributed by atoms with Crippen molar-refractivity contribution >= 4 is 17.1 Å². The van der Waals surface area contributed by atoms with E-state index in [9.17, 15) is 5.11 Å². The number of nitrogens with zero attached hydrogens (tertiary/aromatic N) is 2. The lowest BCUT2D eigenvalue weighted by molar-refractivity contribution is 0.0752. The molecule has 1 N–H and O–H groups in total. The fourth-order valence-corrected chi connectivity index (χ4v) is 4.68. The van der Waals surface area contributed by atoms with Crippen molar-refractivity contribution < 1.29 is 5.11 Å². The maximum Gasteiger partial charge on any atom is 0.0995 e. The topological polar surface area (TPSA) is 37.5 Å². The third-order valence-corrected chi connectivity index (χ3v) is 6.37. The van der Waals surface area contributed by atoms with Gasteiger partial charge in [-0.25, -0.2) is 4.98 Å². The number of aromatic nitrogens is 2. The number of halogens is 1. The van der Waals surface area contributed by atoms with Crippen LogP contribution in [-0.4, -0.2) is 14.5 Å². The molecule has 1 aliphatic rings. The zero-order valence-corrected chi connectivity index (χ0v) is 16.7. The molecule has 142 valence electrons. The molecule has 0 unspecified atom stereocenters. The van der Waals surface area contributed by atoms with Crippen LogP contribution in [0.4, 0.5) is 0 Å². The maximum absolute atomic E-state index is 11.3. The van der Waals surface area contributed by atoms with Crippen LogP contribution in [0.3, 0.4) is 0 Å². The highest BCUT2D eigenvalue weighted by Crippen LogP contribution is 2.42. The Kier molecular flexibility index (Phi) is 5.25. The van der Waals surface area contributed by atoms with Crippen molar-refractivity contribution in [2.75, 3.05) is 0 Å². The van der Waals surface area contributed by atoms with Gasteiger partial charge in [0, 0.05) is 5.02 Å². The second-order valence-corrected chi connectivity index (χ2v) is 8.56. The third-order valence-electron chi connectivity index (χ3n) is 6.12. The Morgan fingerprint density at radius 1 is 1.04 bits per heavy atom. The highest BCUT2D eigenvalue weighted by atomic mass is 35.5. The number of aliphatic hydroxyl groups is 1. The normalized spacial score (nSPS) is 21.7. The van der Waals surface area contributed by atoms with Gasteiger partial charge in [0.2, 0.25) is 0 Å². The van der Waals surface area contributed by atoms with Crippen molar-refractivity contribution in [2.45, 2.75) is 57.5 Å². The maximum atomic E-state index is 11.3. The lowest BCUT2D eigenvalue weighted by Gasteiger charge is -2.33. The highest BCUT2D eigenvalue weighted by Gasteiger charge is 2.31. The summed E-state index contributed by atoms with van der Waals surface area (Å²) in [6.45, 7) is 4.37. The quantitative estimate of drug-likeness (QED) is 0.590. The highest BCUT2D eigenvalue weighted by molar-refractivity contribution is 6.30. The molecule has 1 atom stereocenters. The first-order valence-corrected chi connectivity index (χ1v) is 10.3. The second kappa shape index (κ2) is 7.65. The number of benzene rings is 1. The molecule has 0 bridgehead atoms. The van der Waals surface area contributed by atoms with E-state index in [2.05, 4.69) is 47.5 Å². The van der Waals surface area contributed by atoms with Crippen molar-refractivity contribution in [1.29, 1.82) is 0 Å². The van der Waals surface area contributed by atoms with Gasteiger partial charge in [-0.3, -0.25) is 0 Å². The Hall–Kier alpha value is -1.84. The summed E-state index contributed by atoms with van der Waals surface area (Å²) >= 11 is 6.02. The van der Waals surface area contributed by atoms with Crippen LogP contribution in [0.1, 0.15) is 74.3 Å². The number of fused-ring (bicyclic) bond motifs is 1. The van der Waals surface area contributed by atoms with Crippen molar-refractivity contribution in [1.82, 2.24) is 9.38 Å². The van der Waals surface area contributed by atoms with Crippen molar-refractivity contribution in [3.05, 3.63) is 70.8 Å². The van der Waals surface area contributed by atoms with E-state index in [4.69, 9.17) is 11.6 Å². The summed E-state index contributed by atoms with van der Waals surface area (Å²) in [7, 11) is 0. The standard InChI is InChI=1S/C23H27ClN2O/c1-15(2)21-12-11-20-13-25-14-26(20)22(21)23(27)18-5-3-16(4-6-18)17-7-9-19(24)10-8-17/h7-16,18,23,27H,3-6H2,1-2H3/t16?,18?,23-/m0/s1. The van der Waals surface area contributed by atoms with Crippen LogP contribution < -0.4 is 0 Å². The van der Waals surface area contributed by atoms with E-state index in [1.54, 1.807) is 0 Å². The molecule has 1 aromatic carbocycles. The number of hydrogen-bond donors (Lipinski definition) is 1. The summed E-state index contributed by atoms with van der Waals surface area (Å²) in [5, 5.41) is 12.1. The number of aliphatic hydroxyl groups excluding tert-OH is 1. The Balaban J connectivity index is 1.55. The fourth-order valence-electron chi connectivity index (χ4n) is 4.56. The minimum absolute atomic E-state index is 0.291. The Morgan fingerprint density at radius 2 is 1.74 bits per heavy atom. The van der Waals surface area contributed by atoms with Crippen LogP contribution in [0.15, 0.2) is 48.9 Å². The van der Waals surface area contributed by atoms with E-state index in [1.165, 1.54) is 11.1 Å². The van der Waals surface area contributed by atoms with Crippen molar-refractivity contribution in [2.24, 2.45) is 5.92 Å². The monoisotopic (exact) mass is 382 g/mol. The molecule has 2 heterocycles. The molecule has 3 nitrogen and oxygen atoms in total. The predicted octanol–water partition coefficient (Wildman–Crippen LogP) is 6.12. The van der Waals surface area contributed by atoms with Crippen LogP contribution in [0.25, 0.3) is 5.52 Å². The van der Waals surface area contributed by atoms with Gasteiger partial charge in [0.15, 0.2) is 0 Å². The summed E-state index contributed by atoms with van der Waals surface area (Å²) < 4.78 is 2.07. The fraction of sp³-hybridized carbons (Fsp3) is 0.435. The van der Waals surface area contributed by atoms with E-state index in [-0.39, 0.29) is 0 Å². The zero-order valence-electron chi connectivity index (χ0n) is 16.0. The summed E-state index contributed by atoms with van der Waals surface area (Å²) in [4.78, 5) is 4.29. The molecule has 27 heavy (non-hydrogen) atoms. The molecule has 1 saturated carbocycles. The predicted molar refractivity (Wildman–Crippen MR) is 110 cm³/mol. The second-order valence-electron chi connectivity index (χ2n) is 8.13. The molecule has 0 radical (unpaired) electrons. The molecule has 0 spiro atoms. The SMILES string of the molecule is CC(C)c1ccc2cncn2c1[C@@H](O)C1CCC(c2ccc(Cl)cc2)CC1. The van der Waals surface area contributed by atoms with Crippen LogP contribution in [0, 0.1) is 5.92 Å². The molecule has 0 amide bonds. The summed E-state index contributed by atoms with van der Waals surface area (Å²) in [5.74, 6) is 1.23. The van der Waals surface area contributed by atoms with Gasteiger partial charge in [0.05, 0.1) is 29.8 Å². The van der Waals surface area contributed by atoms with Gasteiger partial charge in [0.25, 0.3) is 0 Å². The smallest absolute Gasteiger partial charge is 0.0995 e. The molecule has 4 rings (SSSR count). The van der Waals surface area contributed by atoms with Gasteiger partial charge in [0.1, 0.15) is 0 Å². The number of imidazole rings is 1. The van der Waals surface area contributed by atoms with Crippen molar-refractivity contribution in [3.63, 3.8) is 0 Å². The van der Waals surface area contributed by atoms with Gasteiger partial charge >= 0.3 is 0 Å². The minimum atomic E-state index is -0.452. The number of hydrogen-bond acceptors (Lipinski definition) is 2. The zero-order chi connectivity index (χ0) is 19.0. The van der Waals surface area contributed by atoms with Gasteiger partial charge in [-0.1, -0.05) is 43.6 Å². The van der Waals surface area contributed by atoms with Crippen LogP contribution >= 0.6 is 11.6 Å². The molecule has 1 fully saturated rings. The van der Waals surface area contributed by atoms with E-state index < -0.39 is 6.10 Å². The van der Waals surface area contributed by atoms with E-state index in [0.29, 0.717) is 17.8 Å². The first kappa shape index (κ1) is 18.5. The van der Waals surface area contributed by atoms with Gasteiger partial charge in [-0.05, 0) is 72.8 Å². The Morgan fingerprint density at radius 3 is 2.41 bits per heavy atom. The lowest BCUT2D eigenvalue weighted by Crippen LogP contribution is -2.22. The van der Waals surface area contributed by atoms with E-state index >= 15 is 0 Å². The number of pyridine rings is 1. The molecule has 2 aromatic heterocycles. The van der Waals surface area contributed by atoms with E-state index in [1.807, 2.05) is 24.7 Å². The lowest BCUT2D eigenvalue weighted by atomic mass is 9.75. The molecular weight excluding hydrogens is 356 g/mol. The van der Waals surface area contributed by atoms with Crippen LogP contribution in [0.5, 0.6) is 0 Å². The first-order valence-electron chi connectivity index (χ1n) is 9.93. The molecule has 0 saturated heterocycles. The van der Waals surface area contributed by atoms with Crippen LogP contribution in [-0.2, 0) is 0 Å². The third kappa shape index (κ3) is 3.63. The Labute approximate surface area is 166 Å². The van der Waals surface area contributed by atoms with Gasteiger partial charge < -0.3 is 9.51 Å². The molecule has 1 aliphatic carbocycles. The largest absolute Gasteiger partial charge is 0.387 e. The molecular formula is C23H27ClN2O. The van der Waals surface area contributed by atoms with E-state index in [0.717, 1.165) is 41.9 Å². The summed E-state index contributed by atoms with van der Waals surface area (Å²) in [6.07, 6.45) is 7.54.